The number of benzene rings is 1. The molecule has 0 bridgehead atoms. The Kier molecular flexibility index (Phi) is 9.50. The highest BCUT2D eigenvalue weighted by Gasteiger charge is 2.39. The summed E-state index contributed by atoms with van der Waals surface area (Å²) >= 11 is 6.28. The van der Waals surface area contributed by atoms with Crippen LogP contribution in [0.15, 0.2) is 53.7 Å². The van der Waals surface area contributed by atoms with E-state index in [0.717, 1.165) is 34.1 Å². The number of nitrogens with one attached hydrogen (secondary N) is 1. The van der Waals surface area contributed by atoms with Crippen molar-refractivity contribution in [1.29, 1.82) is 0 Å². The van der Waals surface area contributed by atoms with Crippen LogP contribution in [0, 0.1) is 5.82 Å². The van der Waals surface area contributed by atoms with Gasteiger partial charge in [0.05, 0.1) is 29.5 Å². The minimum atomic E-state index is -4.80. The number of halogens is 7. The molecule has 0 saturated heterocycles. The molecule has 0 aliphatic carbocycles. The lowest BCUT2D eigenvalue weighted by Crippen LogP contribution is -2.56. The second kappa shape index (κ2) is 13.1. The molecule has 10 nitrogen and oxygen atoms in total. The summed E-state index contributed by atoms with van der Waals surface area (Å²) in [5.74, 6) is -2.46. The number of hydrogen-bond acceptors (Lipinski definition) is 5. The summed E-state index contributed by atoms with van der Waals surface area (Å²) in [6, 6.07) is 4.37. The molecule has 3 aromatic heterocycles. The number of fused-ring (bicyclic) bond motifs is 1. The first kappa shape index (κ1) is 34.7. The van der Waals surface area contributed by atoms with Gasteiger partial charge in [-0.15, -0.1) is 0 Å². The molecular formula is C31H30ClF6N7O3. The number of rotatable bonds is 9. The Labute approximate surface area is 274 Å². The van der Waals surface area contributed by atoms with Crippen LogP contribution in [0.3, 0.4) is 0 Å². The number of aromatic nitrogens is 5. The predicted molar refractivity (Wildman–Crippen MR) is 162 cm³/mol. The van der Waals surface area contributed by atoms with Crippen molar-refractivity contribution in [2.24, 2.45) is 7.05 Å². The van der Waals surface area contributed by atoms with E-state index in [1.807, 2.05) is 0 Å². The average molecular weight is 698 g/mol. The first-order valence-electron chi connectivity index (χ1n) is 14.7. The van der Waals surface area contributed by atoms with E-state index in [9.17, 15) is 36.3 Å². The molecule has 5 rings (SSSR count). The maximum absolute atomic E-state index is 15.1. The molecule has 1 atom stereocenters. The number of alkyl halides is 5. The zero-order chi connectivity index (χ0) is 35.1. The fourth-order valence-corrected chi connectivity index (χ4v) is 5.93. The highest BCUT2D eigenvalue weighted by molar-refractivity contribution is 6.32. The second-order valence-electron chi connectivity index (χ2n) is 12.1. The normalized spacial score (nSPS) is 14.6. The first-order valence-corrected chi connectivity index (χ1v) is 15.1. The quantitative estimate of drug-likeness (QED) is 0.241. The van der Waals surface area contributed by atoms with Gasteiger partial charge in [0, 0.05) is 49.1 Å². The van der Waals surface area contributed by atoms with Gasteiger partial charge in [0.25, 0.3) is 5.91 Å². The summed E-state index contributed by atoms with van der Waals surface area (Å²) in [4.78, 5) is 41.0. The van der Waals surface area contributed by atoms with Crippen molar-refractivity contribution in [1.82, 2.24) is 34.3 Å². The Balaban J connectivity index is 1.49. The number of carbonyl (C=O) groups is 2. The molecule has 1 aromatic carbocycles. The molecule has 256 valence electrons. The highest BCUT2D eigenvalue weighted by atomic mass is 35.5. The summed E-state index contributed by atoms with van der Waals surface area (Å²) in [7, 11) is 1.44. The van der Waals surface area contributed by atoms with Gasteiger partial charge in [-0.3, -0.25) is 19.1 Å². The number of nitrogens with zero attached hydrogens (tertiary/aromatic N) is 6. The summed E-state index contributed by atoms with van der Waals surface area (Å²) in [6.07, 6.45) is -1.08. The molecule has 1 aliphatic rings. The molecule has 1 N–H and O–H groups in total. The van der Waals surface area contributed by atoms with Crippen molar-refractivity contribution in [3.63, 3.8) is 0 Å². The lowest BCUT2D eigenvalue weighted by molar-refractivity contribution is -0.141. The summed E-state index contributed by atoms with van der Waals surface area (Å²) in [5, 5.41) is 10.3. The third-order valence-electron chi connectivity index (χ3n) is 7.93. The standard InChI is InChI=1S/C31H30ClF6N7O3/c1-30(2,16-45-22(12-24(41-45)31(36,37)38)18-6-9-25(46)42(3)15-18)40-27(47)23(11-17-13-39-44(14-17)29(34)35)43-10-4-5-19-20(32)7-8-21(33)26(19)28(43)48/h6-9,12-15,23,29H,4-5,10-11,16H2,1-3H3,(H,40,47)/t23-/m1/s1. The summed E-state index contributed by atoms with van der Waals surface area (Å²) in [6.45, 7) is -0.241. The number of carbonyl (C=O) groups excluding carboxylic acids is 2. The smallest absolute Gasteiger partial charge is 0.348 e. The van der Waals surface area contributed by atoms with Crippen LogP contribution < -0.4 is 10.9 Å². The van der Waals surface area contributed by atoms with E-state index in [1.54, 1.807) is 0 Å². The average Bonchev–Trinajstić information content (AvgIpc) is 3.60. The minimum Gasteiger partial charge on any atom is -0.348 e. The van der Waals surface area contributed by atoms with Crippen LogP contribution in [0.2, 0.25) is 5.02 Å². The van der Waals surface area contributed by atoms with Gasteiger partial charge in [-0.1, -0.05) is 11.6 Å². The number of aryl methyl sites for hydroxylation is 1. The van der Waals surface area contributed by atoms with Crippen LogP contribution in [0.5, 0.6) is 0 Å². The third kappa shape index (κ3) is 7.27. The van der Waals surface area contributed by atoms with Crippen LogP contribution in [0.25, 0.3) is 11.3 Å². The first-order chi connectivity index (χ1) is 22.4. The van der Waals surface area contributed by atoms with Crippen LogP contribution in [-0.4, -0.2) is 59.0 Å². The maximum atomic E-state index is 15.1. The Morgan fingerprint density at radius 1 is 1.10 bits per heavy atom. The summed E-state index contributed by atoms with van der Waals surface area (Å²) in [5.41, 5.74) is -2.49. The SMILES string of the molecule is Cn1cc(-c2cc(C(F)(F)F)nn2CC(C)(C)NC(=O)[C@@H](Cc2cnn(C(F)F)c2)N2CCCc3c(Cl)ccc(F)c3C2=O)ccc1=O. The maximum Gasteiger partial charge on any atom is 0.435 e. The Bertz CT molecular complexity index is 1920. The van der Waals surface area contributed by atoms with Crippen molar-refractivity contribution in [2.45, 2.75) is 64.0 Å². The Hall–Kier alpha value is -4.60. The zero-order valence-corrected chi connectivity index (χ0v) is 26.6. The largest absolute Gasteiger partial charge is 0.435 e. The van der Waals surface area contributed by atoms with Gasteiger partial charge in [0.15, 0.2) is 5.69 Å². The van der Waals surface area contributed by atoms with E-state index in [-0.39, 0.29) is 64.5 Å². The van der Waals surface area contributed by atoms with Gasteiger partial charge >= 0.3 is 12.7 Å². The monoisotopic (exact) mass is 697 g/mol. The highest BCUT2D eigenvalue weighted by Crippen LogP contribution is 2.33. The van der Waals surface area contributed by atoms with Crippen LogP contribution in [0.1, 0.15) is 54.0 Å². The molecule has 4 heterocycles. The Morgan fingerprint density at radius 2 is 1.83 bits per heavy atom. The van der Waals surface area contributed by atoms with Gasteiger partial charge in [0.2, 0.25) is 11.5 Å². The van der Waals surface area contributed by atoms with Crippen molar-refractivity contribution < 1.29 is 35.9 Å². The molecule has 0 saturated carbocycles. The minimum absolute atomic E-state index is 0.0165. The molecule has 17 heteroatoms. The van der Waals surface area contributed by atoms with E-state index in [1.165, 1.54) is 49.9 Å². The number of pyridine rings is 1. The molecule has 2 amide bonds. The fraction of sp³-hybridized carbons (Fsp3) is 0.387. The third-order valence-corrected chi connectivity index (χ3v) is 8.28. The van der Waals surface area contributed by atoms with Crippen LogP contribution >= 0.6 is 11.6 Å². The van der Waals surface area contributed by atoms with Gasteiger partial charge < -0.3 is 14.8 Å². The molecule has 1 aliphatic heterocycles. The number of amides is 2. The van der Waals surface area contributed by atoms with Crippen molar-refractivity contribution in [3.8, 4) is 11.3 Å². The van der Waals surface area contributed by atoms with Gasteiger partial charge in [0.1, 0.15) is 11.9 Å². The van der Waals surface area contributed by atoms with Gasteiger partial charge in [-0.2, -0.15) is 32.1 Å². The van der Waals surface area contributed by atoms with Gasteiger partial charge in [-0.25, -0.2) is 9.07 Å². The van der Waals surface area contributed by atoms with Crippen molar-refractivity contribution in [3.05, 3.63) is 92.5 Å². The van der Waals surface area contributed by atoms with Crippen molar-refractivity contribution >= 4 is 23.4 Å². The molecule has 48 heavy (non-hydrogen) atoms. The predicted octanol–water partition coefficient (Wildman–Crippen LogP) is 5.25. The lowest BCUT2D eigenvalue weighted by atomic mass is 10.0. The van der Waals surface area contributed by atoms with E-state index >= 15 is 4.39 Å². The van der Waals surface area contributed by atoms with Gasteiger partial charge in [-0.05, 0) is 62.1 Å². The topological polar surface area (TPSA) is 107 Å². The zero-order valence-electron chi connectivity index (χ0n) is 25.9. The number of hydrogen-bond donors (Lipinski definition) is 1. The summed E-state index contributed by atoms with van der Waals surface area (Å²) < 4.78 is 85.5. The molecule has 0 radical (unpaired) electrons. The fourth-order valence-electron chi connectivity index (χ4n) is 5.68. The molecule has 0 fully saturated rings. The second-order valence-corrected chi connectivity index (χ2v) is 12.5. The van der Waals surface area contributed by atoms with E-state index in [4.69, 9.17) is 11.6 Å². The van der Waals surface area contributed by atoms with Crippen molar-refractivity contribution in [2.75, 3.05) is 6.54 Å². The van der Waals surface area contributed by atoms with Crippen LogP contribution in [0.4, 0.5) is 26.3 Å². The van der Waals surface area contributed by atoms with E-state index < -0.39 is 47.6 Å². The molecule has 0 unspecified atom stereocenters. The van der Waals surface area contributed by atoms with Crippen LogP contribution in [-0.2, 0) is 37.4 Å². The van der Waals surface area contributed by atoms with E-state index in [2.05, 4.69) is 15.5 Å². The molecular weight excluding hydrogens is 668 g/mol. The Morgan fingerprint density at radius 3 is 2.48 bits per heavy atom. The van der Waals surface area contributed by atoms with E-state index in [0.29, 0.717) is 11.1 Å². The molecule has 4 aromatic rings. The molecule has 0 spiro atoms. The lowest BCUT2D eigenvalue weighted by Gasteiger charge is -2.34.